The standard InChI is InChI=1S/C25H17N/c1-2-8-20-17(7-1)15-18-13-14-19(16-23(18)20)26-24-11-5-3-9-21(24)22-10-4-6-12-25(22)26/h1-14,16H,15H2. The number of nitrogens with zero attached hydrogens (tertiary/aromatic N) is 1. The lowest BCUT2D eigenvalue weighted by molar-refractivity contribution is 1.17. The first-order chi connectivity index (χ1) is 12.9. The Balaban J connectivity index is 1.68. The molecule has 0 amide bonds. The van der Waals surface area contributed by atoms with Crippen molar-refractivity contribution < 1.29 is 0 Å². The molecule has 1 heteroatoms. The van der Waals surface area contributed by atoms with Crippen LogP contribution in [0, 0.1) is 0 Å². The number of benzene rings is 4. The molecule has 0 spiro atoms. The third-order valence-corrected chi connectivity index (χ3v) is 5.62. The van der Waals surface area contributed by atoms with Crippen molar-refractivity contribution >= 4 is 21.8 Å². The molecule has 0 bridgehead atoms. The Kier molecular flexibility index (Phi) is 2.72. The number of fused-ring (bicyclic) bond motifs is 6. The maximum Gasteiger partial charge on any atom is 0.0541 e. The van der Waals surface area contributed by atoms with E-state index in [-0.39, 0.29) is 0 Å². The predicted octanol–water partition coefficient (Wildman–Crippen LogP) is 6.35. The van der Waals surface area contributed by atoms with Crippen molar-refractivity contribution in [3.63, 3.8) is 0 Å². The van der Waals surface area contributed by atoms with Crippen molar-refractivity contribution in [3.8, 4) is 16.8 Å². The molecule has 0 saturated heterocycles. The SMILES string of the molecule is c1ccc2c(c1)Cc1ccc(-n3c4ccccc4c4ccccc43)cc1-2. The molecule has 0 fully saturated rings. The van der Waals surface area contributed by atoms with Crippen LogP contribution in [0.15, 0.2) is 91.0 Å². The second-order valence-electron chi connectivity index (χ2n) is 7.05. The highest BCUT2D eigenvalue weighted by atomic mass is 15.0. The fourth-order valence-corrected chi connectivity index (χ4v) is 4.45. The zero-order valence-corrected chi connectivity index (χ0v) is 14.3. The van der Waals surface area contributed by atoms with Crippen molar-refractivity contribution in [1.82, 2.24) is 4.57 Å². The summed E-state index contributed by atoms with van der Waals surface area (Å²) in [4.78, 5) is 0. The van der Waals surface area contributed by atoms with Gasteiger partial charge in [-0.1, -0.05) is 66.7 Å². The molecule has 122 valence electrons. The van der Waals surface area contributed by atoms with E-state index in [4.69, 9.17) is 0 Å². The van der Waals surface area contributed by atoms with Crippen molar-refractivity contribution in [2.75, 3.05) is 0 Å². The number of aromatic nitrogens is 1. The van der Waals surface area contributed by atoms with Gasteiger partial charge >= 0.3 is 0 Å². The van der Waals surface area contributed by atoms with E-state index in [0.717, 1.165) is 6.42 Å². The molecular formula is C25H17N. The summed E-state index contributed by atoms with van der Waals surface area (Å²) in [6.07, 6.45) is 1.04. The molecule has 1 heterocycles. The molecule has 5 aromatic rings. The largest absolute Gasteiger partial charge is 0.309 e. The molecule has 0 saturated carbocycles. The van der Waals surface area contributed by atoms with Gasteiger partial charge in [-0.25, -0.2) is 0 Å². The monoisotopic (exact) mass is 331 g/mol. The Morgan fingerprint density at radius 2 is 1.15 bits per heavy atom. The second-order valence-corrected chi connectivity index (χ2v) is 7.05. The Labute approximate surface area is 152 Å². The first-order valence-corrected chi connectivity index (χ1v) is 9.10. The fourth-order valence-electron chi connectivity index (χ4n) is 4.45. The molecule has 6 rings (SSSR count). The van der Waals surface area contributed by atoms with E-state index in [9.17, 15) is 0 Å². The van der Waals surface area contributed by atoms with Crippen LogP contribution in [0.4, 0.5) is 0 Å². The van der Waals surface area contributed by atoms with E-state index in [1.165, 1.54) is 49.7 Å². The highest BCUT2D eigenvalue weighted by molar-refractivity contribution is 6.09. The van der Waals surface area contributed by atoms with Gasteiger partial charge in [0.15, 0.2) is 0 Å². The van der Waals surface area contributed by atoms with Crippen LogP contribution < -0.4 is 0 Å². The highest BCUT2D eigenvalue weighted by Crippen LogP contribution is 2.39. The molecule has 0 aliphatic heterocycles. The molecule has 26 heavy (non-hydrogen) atoms. The van der Waals surface area contributed by atoms with E-state index in [0.29, 0.717) is 0 Å². The van der Waals surface area contributed by atoms with Gasteiger partial charge in [0.05, 0.1) is 11.0 Å². The van der Waals surface area contributed by atoms with Crippen molar-refractivity contribution in [2.24, 2.45) is 0 Å². The molecule has 1 aromatic heterocycles. The Morgan fingerprint density at radius 1 is 0.538 bits per heavy atom. The third kappa shape index (κ3) is 1.80. The van der Waals surface area contributed by atoms with Crippen LogP contribution in [-0.4, -0.2) is 4.57 Å². The molecule has 0 atom stereocenters. The quantitative estimate of drug-likeness (QED) is 0.330. The maximum atomic E-state index is 2.39. The van der Waals surface area contributed by atoms with Crippen molar-refractivity contribution in [2.45, 2.75) is 6.42 Å². The summed E-state index contributed by atoms with van der Waals surface area (Å²) < 4.78 is 2.39. The van der Waals surface area contributed by atoms with Gasteiger partial charge in [0.25, 0.3) is 0 Å². The Bertz CT molecular complexity index is 1250. The summed E-state index contributed by atoms with van der Waals surface area (Å²) in [6.45, 7) is 0. The van der Waals surface area contributed by atoms with E-state index >= 15 is 0 Å². The molecule has 0 N–H and O–H groups in total. The molecule has 0 radical (unpaired) electrons. The molecule has 0 unspecified atom stereocenters. The van der Waals surface area contributed by atoms with Crippen LogP contribution in [-0.2, 0) is 6.42 Å². The highest BCUT2D eigenvalue weighted by Gasteiger charge is 2.19. The Morgan fingerprint density at radius 3 is 1.92 bits per heavy atom. The minimum atomic E-state index is 1.04. The van der Waals surface area contributed by atoms with Gasteiger partial charge in [0.2, 0.25) is 0 Å². The average molecular weight is 331 g/mol. The zero-order chi connectivity index (χ0) is 17.1. The molecule has 1 aliphatic rings. The first-order valence-electron chi connectivity index (χ1n) is 9.10. The molecule has 1 nitrogen and oxygen atoms in total. The topological polar surface area (TPSA) is 4.93 Å². The van der Waals surface area contributed by atoms with Crippen molar-refractivity contribution in [1.29, 1.82) is 0 Å². The van der Waals surface area contributed by atoms with Gasteiger partial charge in [0.1, 0.15) is 0 Å². The van der Waals surface area contributed by atoms with Gasteiger partial charge in [-0.15, -0.1) is 0 Å². The minimum absolute atomic E-state index is 1.04. The third-order valence-electron chi connectivity index (χ3n) is 5.62. The van der Waals surface area contributed by atoms with Crippen LogP contribution in [0.3, 0.4) is 0 Å². The van der Waals surface area contributed by atoms with E-state index < -0.39 is 0 Å². The van der Waals surface area contributed by atoms with E-state index in [1.807, 2.05) is 0 Å². The number of para-hydroxylation sites is 2. The lowest BCUT2D eigenvalue weighted by Crippen LogP contribution is -1.94. The summed E-state index contributed by atoms with van der Waals surface area (Å²) in [7, 11) is 0. The van der Waals surface area contributed by atoms with E-state index in [2.05, 4.69) is 95.6 Å². The normalized spacial score (nSPS) is 12.5. The van der Waals surface area contributed by atoms with Crippen LogP contribution in [0.2, 0.25) is 0 Å². The number of rotatable bonds is 1. The summed E-state index contributed by atoms with van der Waals surface area (Å²) in [6, 6.07) is 33.1. The van der Waals surface area contributed by atoms with Crippen LogP contribution in [0.25, 0.3) is 38.6 Å². The smallest absolute Gasteiger partial charge is 0.0541 e. The van der Waals surface area contributed by atoms with Crippen molar-refractivity contribution in [3.05, 3.63) is 102 Å². The summed E-state index contributed by atoms with van der Waals surface area (Å²) >= 11 is 0. The minimum Gasteiger partial charge on any atom is -0.309 e. The van der Waals surface area contributed by atoms with Gasteiger partial charge in [0, 0.05) is 16.5 Å². The summed E-state index contributed by atoms with van der Waals surface area (Å²) in [5.41, 5.74) is 9.38. The van der Waals surface area contributed by atoms with Crippen LogP contribution >= 0.6 is 0 Å². The lowest BCUT2D eigenvalue weighted by atomic mass is 10.1. The number of hydrogen-bond donors (Lipinski definition) is 0. The maximum absolute atomic E-state index is 2.39. The van der Waals surface area contributed by atoms with Crippen LogP contribution in [0.1, 0.15) is 11.1 Å². The van der Waals surface area contributed by atoms with Gasteiger partial charge in [-0.3, -0.25) is 0 Å². The second kappa shape index (κ2) is 5.09. The van der Waals surface area contributed by atoms with Gasteiger partial charge in [-0.05, 0) is 52.9 Å². The van der Waals surface area contributed by atoms with E-state index in [1.54, 1.807) is 0 Å². The van der Waals surface area contributed by atoms with Gasteiger partial charge in [-0.2, -0.15) is 0 Å². The molecule has 1 aliphatic carbocycles. The summed E-state index contributed by atoms with van der Waals surface area (Å²) in [5, 5.41) is 2.62. The zero-order valence-electron chi connectivity index (χ0n) is 14.3. The fraction of sp³-hybridized carbons (Fsp3) is 0.0400. The molecular weight excluding hydrogens is 314 g/mol. The summed E-state index contributed by atoms with van der Waals surface area (Å²) in [5.74, 6) is 0. The predicted molar refractivity (Wildman–Crippen MR) is 109 cm³/mol. The number of hydrogen-bond acceptors (Lipinski definition) is 0. The molecule has 4 aromatic carbocycles. The first kappa shape index (κ1) is 13.9. The van der Waals surface area contributed by atoms with Crippen LogP contribution in [0.5, 0.6) is 0 Å². The average Bonchev–Trinajstić information content (AvgIpc) is 3.23. The Hall–Kier alpha value is -3.32. The lowest BCUT2D eigenvalue weighted by Gasteiger charge is -2.10. The van der Waals surface area contributed by atoms with Gasteiger partial charge < -0.3 is 4.57 Å².